The number of phenolic OH excluding ortho intramolecular Hbond substituents is 1. The van der Waals surface area contributed by atoms with Crippen LogP contribution in [0.4, 0.5) is 0 Å². The molecule has 230 valence electrons. The molecular weight excluding hydrogens is 522 g/mol. The summed E-state index contributed by atoms with van der Waals surface area (Å²) in [4.78, 5) is 12.8. The summed E-state index contributed by atoms with van der Waals surface area (Å²) in [5, 5.41) is 35.2. The zero-order valence-electron chi connectivity index (χ0n) is 26.1. The van der Waals surface area contributed by atoms with E-state index < -0.39 is 30.4 Å². The lowest BCUT2D eigenvalue weighted by Crippen LogP contribution is -2.55. The van der Waals surface area contributed by atoms with Gasteiger partial charge in [0.2, 0.25) is 0 Å². The highest BCUT2D eigenvalue weighted by atomic mass is 16.6. The van der Waals surface area contributed by atoms with Gasteiger partial charge in [-0.25, -0.2) is 0 Å². The molecule has 4 N–H and O–H groups in total. The molecule has 8 atom stereocenters. The summed E-state index contributed by atoms with van der Waals surface area (Å²) >= 11 is 0. The van der Waals surface area contributed by atoms with Gasteiger partial charge in [0, 0.05) is 31.4 Å². The first-order valence-corrected chi connectivity index (χ1v) is 14.7. The van der Waals surface area contributed by atoms with E-state index in [9.17, 15) is 20.1 Å². The molecule has 1 aromatic carbocycles. The molecule has 0 aromatic heterocycles. The number of methoxy groups -OCH3 is 1. The van der Waals surface area contributed by atoms with Crippen LogP contribution < -0.4 is 5.32 Å². The maximum Gasteiger partial charge on any atom is 0.251 e. The van der Waals surface area contributed by atoms with Gasteiger partial charge in [0.1, 0.15) is 29.8 Å². The Balaban J connectivity index is 1.69. The molecule has 1 aromatic rings. The van der Waals surface area contributed by atoms with Crippen molar-refractivity contribution in [3.05, 3.63) is 47.1 Å². The molecule has 0 bridgehead atoms. The topological polar surface area (TPSA) is 117 Å². The Hall–Kier alpha value is -2.39. The van der Waals surface area contributed by atoms with Crippen LogP contribution in [-0.2, 0) is 25.4 Å². The molecular formula is C33H51NO7. The number of carbonyl (C=O) groups excluding carboxylic acids is 1. The molecule has 1 saturated heterocycles. The molecule has 0 aliphatic carbocycles. The van der Waals surface area contributed by atoms with E-state index in [1.54, 1.807) is 6.07 Å². The predicted octanol–water partition coefficient (Wildman–Crippen LogP) is 4.93. The second kappa shape index (κ2) is 13.3. The van der Waals surface area contributed by atoms with Crippen LogP contribution in [0.1, 0.15) is 82.6 Å². The van der Waals surface area contributed by atoms with Crippen molar-refractivity contribution < 1.29 is 34.3 Å². The van der Waals surface area contributed by atoms with E-state index >= 15 is 0 Å². The van der Waals surface area contributed by atoms with E-state index in [4.69, 9.17) is 14.2 Å². The van der Waals surface area contributed by atoms with E-state index in [-0.39, 0.29) is 35.2 Å². The van der Waals surface area contributed by atoms with Gasteiger partial charge in [0.05, 0.1) is 12.2 Å². The second-order valence-corrected chi connectivity index (χ2v) is 13.1. The van der Waals surface area contributed by atoms with E-state index in [2.05, 4.69) is 32.3 Å². The Morgan fingerprint density at radius 1 is 1.24 bits per heavy atom. The van der Waals surface area contributed by atoms with E-state index in [1.807, 2.05) is 34.6 Å². The van der Waals surface area contributed by atoms with Crippen LogP contribution in [0.15, 0.2) is 24.8 Å². The van der Waals surface area contributed by atoms with Crippen LogP contribution >= 0.6 is 0 Å². The van der Waals surface area contributed by atoms with Crippen molar-refractivity contribution in [1.82, 2.24) is 5.32 Å². The normalized spacial score (nSPS) is 25.7. The van der Waals surface area contributed by atoms with Crippen molar-refractivity contribution in [2.75, 3.05) is 7.11 Å². The number of hydrogen-bond donors (Lipinski definition) is 4. The SMILES string of the molecule is C=C(C)C[C@H](C)C(O)C(=O)N[C@H](OC)[C@@H]1CCC(C)(C)C(C[C@H](O)[C@@H](C)[C@H]2Cc3c(C)c(O)cc(C)c3C(=C)O2)O1. The molecule has 1 fully saturated rings. The Bertz CT molecular complexity index is 1130. The Morgan fingerprint density at radius 3 is 2.51 bits per heavy atom. The standard InChI is InChI=1S/C33H51NO7/c1-17(2)13-19(4)30(37)31(38)34-32(39-10)26-11-12-33(8,9)28(41-26)16-25(36)21(6)27-15-23-20(5)24(35)14-18(3)29(23)22(7)40-27/h14,19,21,25-28,30,32,35-37H,1,7,11-13,15-16H2,2-6,8-10H3,(H,34,38)/t19-,21+,25-,26-,27+,28?,30?,32+/m0/s1. The maximum atomic E-state index is 12.8. The number of aliphatic hydroxyl groups is 2. The number of aromatic hydroxyl groups is 1. The largest absolute Gasteiger partial charge is 0.508 e. The molecule has 0 spiro atoms. The molecule has 0 saturated carbocycles. The Kier molecular flexibility index (Phi) is 10.7. The zero-order valence-corrected chi connectivity index (χ0v) is 26.1. The van der Waals surface area contributed by atoms with Gasteiger partial charge in [-0.05, 0) is 74.1 Å². The minimum atomic E-state index is -1.19. The molecule has 0 radical (unpaired) electrons. The maximum absolute atomic E-state index is 12.8. The highest BCUT2D eigenvalue weighted by Gasteiger charge is 2.43. The lowest BCUT2D eigenvalue weighted by molar-refractivity contribution is -0.182. The van der Waals surface area contributed by atoms with Crippen molar-refractivity contribution in [3.8, 4) is 5.75 Å². The van der Waals surface area contributed by atoms with Gasteiger partial charge in [0.25, 0.3) is 5.91 Å². The second-order valence-electron chi connectivity index (χ2n) is 13.1. The van der Waals surface area contributed by atoms with Crippen LogP contribution in [-0.4, -0.2) is 65.1 Å². The molecule has 2 heterocycles. The van der Waals surface area contributed by atoms with Crippen LogP contribution in [0.3, 0.4) is 0 Å². The molecule has 41 heavy (non-hydrogen) atoms. The molecule has 3 rings (SSSR count). The average molecular weight is 574 g/mol. The zero-order chi connectivity index (χ0) is 30.8. The number of benzene rings is 1. The van der Waals surface area contributed by atoms with Crippen molar-refractivity contribution in [2.45, 2.75) is 117 Å². The van der Waals surface area contributed by atoms with Gasteiger partial charge in [-0.1, -0.05) is 39.8 Å². The summed E-state index contributed by atoms with van der Waals surface area (Å²) in [5.74, 6) is -0.199. The monoisotopic (exact) mass is 573 g/mol. The minimum absolute atomic E-state index is 0.210. The minimum Gasteiger partial charge on any atom is -0.508 e. The smallest absolute Gasteiger partial charge is 0.251 e. The Morgan fingerprint density at radius 2 is 1.90 bits per heavy atom. The summed E-state index contributed by atoms with van der Waals surface area (Å²) in [7, 11) is 1.51. The van der Waals surface area contributed by atoms with Crippen LogP contribution in [0.5, 0.6) is 5.75 Å². The number of aliphatic hydroxyl groups excluding tert-OH is 2. The first-order chi connectivity index (χ1) is 19.1. The van der Waals surface area contributed by atoms with Gasteiger partial charge >= 0.3 is 0 Å². The number of aryl methyl sites for hydroxylation is 1. The third-order valence-corrected chi connectivity index (χ3v) is 9.15. The van der Waals surface area contributed by atoms with Crippen molar-refractivity contribution in [3.63, 3.8) is 0 Å². The van der Waals surface area contributed by atoms with E-state index in [1.165, 1.54) is 7.11 Å². The van der Waals surface area contributed by atoms with Crippen LogP contribution in [0, 0.1) is 31.1 Å². The lowest BCUT2D eigenvalue weighted by atomic mass is 9.74. The Labute approximate surface area is 245 Å². The van der Waals surface area contributed by atoms with E-state index in [0.29, 0.717) is 31.4 Å². The first kappa shape index (κ1) is 33.1. The fraction of sp³-hybridized carbons (Fsp3) is 0.667. The molecule has 8 nitrogen and oxygen atoms in total. The number of hydrogen-bond acceptors (Lipinski definition) is 7. The van der Waals surface area contributed by atoms with Crippen molar-refractivity contribution >= 4 is 11.7 Å². The molecule has 8 heteroatoms. The fourth-order valence-corrected chi connectivity index (χ4v) is 6.25. The summed E-state index contributed by atoms with van der Waals surface area (Å²) in [6, 6.07) is 1.74. The summed E-state index contributed by atoms with van der Waals surface area (Å²) in [5.41, 5.74) is 4.36. The molecule has 1 amide bonds. The predicted molar refractivity (Wildman–Crippen MR) is 160 cm³/mol. The fourth-order valence-electron chi connectivity index (χ4n) is 6.25. The van der Waals surface area contributed by atoms with Crippen molar-refractivity contribution in [1.29, 1.82) is 0 Å². The third kappa shape index (κ3) is 7.53. The number of rotatable bonds is 11. The number of fused-ring (bicyclic) bond motifs is 1. The van der Waals surface area contributed by atoms with Gasteiger partial charge in [0.15, 0.2) is 6.23 Å². The summed E-state index contributed by atoms with van der Waals surface area (Å²) < 4.78 is 18.3. The number of amides is 1. The quantitative estimate of drug-likeness (QED) is 0.219. The summed E-state index contributed by atoms with van der Waals surface area (Å²) in [6.07, 6.45) is -0.715. The number of carbonyl (C=O) groups is 1. The van der Waals surface area contributed by atoms with Crippen LogP contribution in [0.25, 0.3) is 5.76 Å². The lowest BCUT2D eigenvalue weighted by Gasteiger charge is -2.45. The van der Waals surface area contributed by atoms with Gasteiger partial charge in [-0.3, -0.25) is 4.79 Å². The first-order valence-electron chi connectivity index (χ1n) is 14.7. The summed E-state index contributed by atoms with van der Waals surface area (Å²) in [6.45, 7) is 21.7. The van der Waals surface area contributed by atoms with Gasteiger partial charge in [-0.2, -0.15) is 0 Å². The number of nitrogens with one attached hydrogen (secondary N) is 1. The average Bonchev–Trinajstić information content (AvgIpc) is 2.89. The molecule has 2 unspecified atom stereocenters. The highest BCUT2D eigenvalue weighted by Crippen LogP contribution is 2.42. The van der Waals surface area contributed by atoms with Gasteiger partial charge < -0.3 is 34.8 Å². The number of phenols is 1. The number of allylic oxidation sites excluding steroid dienone is 1. The number of ether oxygens (including phenoxy) is 3. The van der Waals surface area contributed by atoms with Gasteiger partial charge in [-0.15, -0.1) is 6.58 Å². The molecule has 2 aliphatic heterocycles. The third-order valence-electron chi connectivity index (χ3n) is 9.15. The van der Waals surface area contributed by atoms with Crippen LogP contribution in [0.2, 0.25) is 0 Å². The van der Waals surface area contributed by atoms with Crippen molar-refractivity contribution in [2.24, 2.45) is 17.3 Å². The highest BCUT2D eigenvalue weighted by molar-refractivity contribution is 5.81. The molecule has 2 aliphatic rings. The van der Waals surface area contributed by atoms with E-state index in [0.717, 1.165) is 34.2 Å².